The molecule has 158 valence electrons. The first-order valence-electron chi connectivity index (χ1n) is 9.32. The van der Waals surface area contributed by atoms with E-state index >= 15 is 0 Å². The second-order valence-corrected chi connectivity index (χ2v) is 11.9. The van der Waals surface area contributed by atoms with Crippen LogP contribution in [0.3, 0.4) is 0 Å². The summed E-state index contributed by atoms with van der Waals surface area (Å²) in [6, 6.07) is 3.58. The number of hydrogen-bond acceptors (Lipinski definition) is 7. The van der Waals surface area contributed by atoms with Crippen LogP contribution in [0.5, 0.6) is 0 Å². The average Bonchev–Trinajstić information content (AvgIpc) is 2.66. The first kappa shape index (κ1) is 24.5. The van der Waals surface area contributed by atoms with Crippen LogP contribution in [0.25, 0.3) is 0 Å². The number of carbonyl (C=O) groups is 2. The van der Waals surface area contributed by atoms with Crippen molar-refractivity contribution in [3.05, 3.63) is 29.3 Å². The van der Waals surface area contributed by atoms with E-state index in [1.54, 1.807) is 0 Å². The summed E-state index contributed by atoms with van der Waals surface area (Å²) in [4.78, 5) is 23.6. The van der Waals surface area contributed by atoms with Gasteiger partial charge < -0.3 is 9.47 Å². The van der Waals surface area contributed by atoms with Gasteiger partial charge in [0, 0.05) is 0 Å². The van der Waals surface area contributed by atoms with E-state index < -0.39 is 29.5 Å². The normalized spacial score (nSPS) is 11.9. The minimum absolute atomic E-state index is 0.0574. The molecule has 0 aliphatic carbocycles. The molecule has 0 N–H and O–H groups in total. The topological polar surface area (TPSA) is 96.0 Å². The Morgan fingerprint density at radius 3 is 1.54 bits per heavy atom. The largest absolute Gasteiger partial charge is 0.465 e. The molecule has 28 heavy (non-hydrogen) atoms. The fourth-order valence-electron chi connectivity index (χ4n) is 3.14. The van der Waals surface area contributed by atoms with Gasteiger partial charge in [-0.05, 0) is 37.5 Å². The summed E-state index contributed by atoms with van der Waals surface area (Å²) >= 11 is 0. The predicted molar refractivity (Wildman–Crippen MR) is 110 cm³/mol. The third-order valence-corrected chi connectivity index (χ3v) is 10.8. The number of esters is 2. The average molecular weight is 433 g/mol. The number of hydrogen-bond donors (Lipinski definition) is 0. The van der Waals surface area contributed by atoms with Crippen molar-refractivity contribution in [2.45, 2.75) is 44.9 Å². The van der Waals surface area contributed by atoms with Gasteiger partial charge in [0.2, 0.25) is 0 Å². The van der Waals surface area contributed by atoms with Crippen LogP contribution in [0.15, 0.2) is 23.1 Å². The van der Waals surface area contributed by atoms with E-state index in [2.05, 4.69) is 9.47 Å². The Morgan fingerprint density at radius 1 is 0.821 bits per heavy atom. The van der Waals surface area contributed by atoms with E-state index in [0.29, 0.717) is 18.5 Å². The van der Waals surface area contributed by atoms with Gasteiger partial charge in [0.25, 0.3) is 0 Å². The third-order valence-electron chi connectivity index (χ3n) is 4.19. The molecule has 0 aliphatic heterocycles. The van der Waals surface area contributed by atoms with Crippen LogP contribution in [0, 0.1) is 0 Å². The van der Waals surface area contributed by atoms with Crippen molar-refractivity contribution in [3.8, 4) is 0 Å². The van der Waals surface area contributed by atoms with E-state index in [1.165, 1.54) is 32.4 Å². The molecular formula is C19H30O7PS+. The van der Waals surface area contributed by atoms with Gasteiger partial charge >= 0.3 is 22.1 Å². The highest BCUT2D eigenvalue weighted by Crippen LogP contribution is 2.63. The first-order chi connectivity index (χ1) is 13.2. The number of methoxy groups -OCH3 is 2. The van der Waals surface area contributed by atoms with Crippen molar-refractivity contribution in [2.75, 3.05) is 32.7 Å². The quantitative estimate of drug-likeness (QED) is 0.382. The molecule has 0 aliphatic rings. The molecular weight excluding hydrogens is 403 g/mol. The molecule has 7 nitrogen and oxygen atoms in total. The zero-order valence-electron chi connectivity index (χ0n) is 17.2. The van der Waals surface area contributed by atoms with Gasteiger partial charge in [-0.3, -0.25) is 0 Å². The van der Waals surface area contributed by atoms with Crippen LogP contribution >= 0.6 is 7.49 Å². The Labute approximate surface area is 168 Å². The zero-order valence-corrected chi connectivity index (χ0v) is 18.9. The van der Waals surface area contributed by atoms with Crippen molar-refractivity contribution in [2.24, 2.45) is 0 Å². The lowest BCUT2D eigenvalue weighted by atomic mass is 10.1. The molecule has 0 aromatic heterocycles. The Balaban J connectivity index is 3.48. The van der Waals surface area contributed by atoms with Gasteiger partial charge in [-0.1, -0.05) is 20.8 Å². The molecule has 0 radical (unpaired) electrons. The van der Waals surface area contributed by atoms with Crippen molar-refractivity contribution in [3.63, 3.8) is 0 Å². The Kier molecular flexibility index (Phi) is 9.54. The van der Waals surface area contributed by atoms with Gasteiger partial charge in [-0.25, -0.2) is 9.59 Å². The summed E-state index contributed by atoms with van der Waals surface area (Å²) in [5.41, 5.74) is -0.115. The van der Waals surface area contributed by atoms with E-state index in [1.807, 2.05) is 20.8 Å². The zero-order chi connectivity index (χ0) is 21.4. The number of ether oxygens (including phenoxy) is 2. The monoisotopic (exact) mass is 433 g/mol. The highest BCUT2D eigenvalue weighted by atomic mass is 32.2. The second kappa shape index (κ2) is 10.9. The van der Waals surface area contributed by atoms with Gasteiger partial charge in [-0.15, -0.1) is 3.97 Å². The van der Waals surface area contributed by atoms with Gasteiger partial charge in [0.1, 0.15) is 0 Å². The van der Waals surface area contributed by atoms with Crippen LogP contribution in [0.2, 0.25) is 0 Å². The van der Waals surface area contributed by atoms with Gasteiger partial charge in [0.15, 0.2) is 7.49 Å². The summed E-state index contributed by atoms with van der Waals surface area (Å²) in [6.07, 6.45) is 4.56. The van der Waals surface area contributed by atoms with E-state index in [0.717, 1.165) is 19.3 Å². The predicted octanol–water partition coefficient (Wildman–Crippen LogP) is 4.13. The molecule has 0 saturated carbocycles. The van der Waals surface area contributed by atoms with Crippen molar-refractivity contribution in [1.29, 1.82) is 0 Å². The maximum Gasteiger partial charge on any atom is 0.337 e. The Hall–Kier alpha value is -1.50. The molecule has 0 spiro atoms. The lowest BCUT2D eigenvalue weighted by Gasteiger charge is -2.24. The van der Waals surface area contributed by atoms with Crippen LogP contribution in [-0.4, -0.2) is 53.1 Å². The lowest BCUT2D eigenvalue weighted by Crippen LogP contribution is -2.17. The number of rotatable bonds is 11. The van der Waals surface area contributed by atoms with Crippen molar-refractivity contribution in [1.82, 2.24) is 0 Å². The summed E-state index contributed by atoms with van der Waals surface area (Å²) in [7, 11) is -4.02. The molecule has 0 amide bonds. The summed E-state index contributed by atoms with van der Waals surface area (Å²) in [5.74, 6) is -1.50. The molecule has 0 saturated heterocycles. The van der Waals surface area contributed by atoms with E-state index in [4.69, 9.17) is 3.97 Å². The summed E-state index contributed by atoms with van der Waals surface area (Å²) in [5, 5.41) is 0. The summed E-state index contributed by atoms with van der Waals surface area (Å²) < 4.78 is 41.4. The Bertz CT molecular complexity index is 738. The first-order valence-corrected chi connectivity index (χ1v) is 13.0. The molecule has 0 bridgehead atoms. The van der Waals surface area contributed by atoms with Crippen molar-refractivity contribution >= 4 is 29.5 Å². The molecule has 0 atom stereocenters. The molecule has 9 heteroatoms. The number of benzene rings is 1. The molecule has 0 fully saturated rings. The Morgan fingerprint density at radius 2 is 1.21 bits per heavy atom. The number of carbonyl (C=O) groups excluding carboxylic acids is 2. The van der Waals surface area contributed by atoms with Crippen molar-refractivity contribution < 1.29 is 31.5 Å². The van der Waals surface area contributed by atoms with Gasteiger partial charge in [-0.2, -0.15) is 8.42 Å². The summed E-state index contributed by atoms with van der Waals surface area (Å²) in [6.45, 7) is 6.01. The minimum Gasteiger partial charge on any atom is -0.465 e. The standard InChI is InChI=1S/C19H30O7PS/c1-6-9-27(10-7-2,11-8-3)26-28(22,23)17-13-15(18(20)24-4)12-16(14-17)19(21)25-5/h12-14H,6-11H2,1-5H3/q+1. The van der Waals surface area contributed by atoms with E-state index in [9.17, 15) is 18.0 Å². The van der Waals surface area contributed by atoms with Crippen LogP contribution in [0.4, 0.5) is 0 Å². The smallest absolute Gasteiger partial charge is 0.337 e. The fourth-order valence-corrected chi connectivity index (χ4v) is 9.70. The lowest BCUT2D eigenvalue weighted by molar-refractivity contribution is 0.0598. The molecule has 0 unspecified atom stereocenters. The fraction of sp³-hybridized carbons (Fsp3) is 0.579. The minimum atomic E-state index is -4.18. The third kappa shape index (κ3) is 6.26. The SMILES string of the molecule is CCC[P+](CCC)(CCC)OS(=O)(=O)c1cc(C(=O)OC)cc(C(=O)OC)c1. The highest BCUT2D eigenvalue weighted by Gasteiger charge is 2.43. The second-order valence-electron chi connectivity index (χ2n) is 6.49. The molecule has 1 aromatic rings. The maximum absolute atomic E-state index is 13.1. The molecule has 1 rings (SSSR count). The van der Waals surface area contributed by atoms with Crippen LogP contribution in [-0.2, 0) is 23.6 Å². The molecule has 0 heterocycles. The van der Waals surface area contributed by atoms with Crippen LogP contribution in [0.1, 0.15) is 60.7 Å². The van der Waals surface area contributed by atoms with Gasteiger partial charge in [0.05, 0.1) is 48.7 Å². The maximum atomic E-state index is 13.1. The molecule has 1 aromatic carbocycles. The van der Waals surface area contributed by atoms with E-state index in [-0.39, 0.29) is 16.0 Å². The van der Waals surface area contributed by atoms with Crippen LogP contribution < -0.4 is 0 Å². The highest BCUT2D eigenvalue weighted by molar-refractivity contribution is 7.94.